The monoisotopic (exact) mass is 512 g/mol. The topological polar surface area (TPSA) is 79.6 Å². The highest BCUT2D eigenvalue weighted by Gasteiger charge is 2.41. The van der Waals surface area contributed by atoms with E-state index in [9.17, 15) is 9.90 Å². The van der Waals surface area contributed by atoms with Crippen LogP contribution < -0.4 is 10.1 Å². The number of carboxylic acids is 1. The minimum absolute atomic E-state index is 0.0947. The first kappa shape index (κ1) is 24.5. The summed E-state index contributed by atoms with van der Waals surface area (Å²) in [6.45, 7) is 4.78. The molecule has 2 N–H and O–H groups in total. The van der Waals surface area contributed by atoms with E-state index in [2.05, 4.69) is 51.8 Å². The predicted molar refractivity (Wildman–Crippen MR) is 146 cm³/mol. The number of nitrogens with one attached hydrogen (secondary N) is 1. The second-order valence-electron chi connectivity index (χ2n) is 9.12. The minimum Gasteiger partial charge on any atom is -0.497 e. The molecule has 0 spiro atoms. The lowest BCUT2D eigenvalue weighted by molar-refractivity contribution is 0.0697. The van der Waals surface area contributed by atoms with Gasteiger partial charge in [-0.2, -0.15) is 0 Å². The number of rotatable bonds is 7. The Morgan fingerprint density at radius 2 is 1.81 bits per heavy atom. The van der Waals surface area contributed by atoms with Crippen molar-refractivity contribution in [2.75, 3.05) is 7.11 Å². The van der Waals surface area contributed by atoms with E-state index >= 15 is 0 Å². The molecule has 2 aromatic heterocycles. The number of methoxy groups -OCH3 is 1. The van der Waals surface area contributed by atoms with Crippen molar-refractivity contribution in [3.63, 3.8) is 0 Å². The van der Waals surface area contributed by atoms with Gasteiger partial charge in [-0.1, -0.05) is 18.2 Å². The Morgan fingerprint density at radius 1 is 1.08 bits per heavy atom. The smallest absolute Gasteiger partial charge is 0.335 e. The molecule has 1 aliphatic heterocycles. The van der Waals surface area contributed by atoms with Crippen molar-refractivity contribution in [2.24, 2.45) is 0 Å². The minimum atomic E-state index is -0.939. The summed E-state index contributed by atoms with van der Waals surface area (Å²) in [7, 11) is 1.66. The van der Waals surface area contributed by atoms with E-state index in [1.54, 1.807) is 25.4 Å². The van der Waals surface area contributed by atoms with E-state index in [1.165, 1.54) is 0 Å². The van der Waals surface area contributed by atoms with E-state index in [1.807, 2.05) is 42.5 Å². The Morgan fingerprint density at radius 3 is 2.43 bits per heavy atom. The number of carboxylic acid groups (broad SMARTS) is 1. The van der Waals surface area contributed by atoms with Crippen LogP contribution in [0.15, 0.2) is 79.0 Å². The van der Waals surface area contributed by atoms with E-state index in [0.717, 1.165) is 39.6 Å². The van der Waals surface area contributed by atoms with Gasteiger partial charge in [0.05, 0.1) is 30.5 Å². The van der Waals surface area contributed by atoms with Gasteiger partial charge < -0.3 is 24.6 Å². The summed E-state index contributed by atoms with van der Waals surface area (Å²) in [4.78, 5) is 18.2. The molecule has 4 aromatic rings. The van der Waals surface area contributed by atoms with Crippen molar-refractivity contribution in [2.45, 2.75) is 32.5 Å². The Hall–Kier alpha value is -4.17. The Balaban J connectivity index is 1.58. The lowest BCUT2D eigenvalue weighted by Crippen LogP contribution is -2.29. The zero-order chi connectivity index (χ0) is 26.1. The van der Waals surface area contributed by atoms with Crippen molar-refractivity contribution in [3.8, 4) is 11.4 Å². The molecule has 7 nitrogen and oxygen atoms in total. The molecule has 0 unspecified atom stereocenters. The highest BCUT2D eigenvalue weighted by Crippen LogP contribution is 2.42. The Kier molecular flexibility index (Phi) is 6.67. The lowest BCUT2D eigenvalue weighted by Gasteiger charge is -2.28. The molecule has 0 amide bonds. The summed E-state index contributed by atoms with van der Waals surface area (Å²) in [6.07, 6.45) is 1.80. The van der Waals surface area contributed by atoms with Crippen LogP contribution in [0.2, 0.25) is 0 Å². The second kappa shape index (κ2) is 10.1. The van der Waals surface area contributed by atoms with E-state index in [0.29, 0.717) is 11.7 Å². The van der Waals surface area contributed by atoms with E-state index in [-0.39, 0.29) is 17.6 Å². The van der Waals surface area contributed by atoms with Gasteiger partial charge in [0.2, 0.25) is 0 Å². The molecule has 188 valence electrons. The molecule has 3 heterocycles. The van der Waals surface area contributed by atoms with Crippen LogP contribution in [-0.2, 0) is 6.54 Å². The number of benzene rings is 2. The molecule has 5 rings (SSSR count). The normalized spacial score (nSPS) is 17.1. The predicted octanol–water partition coefficient (Wildman–Crippen LogP) is 5.37. The summed E-state index contributed by atoms with van der Waals surface area (Å²) in [5.74, 6) is -0.127. The third kappa shape index (κ3) is 4.68. The molecule has 2 aromatic carbocycles. The van der Waals surface area contributed by atoms with Crippen molar-refractivity contribution in [3.05, 3.63) is 113 Å². The van der Waals surface area contributed by atoms with E-state index in [4.69, 9.17) is 17.0 Å². The molecule has 1 fully saturated rings. The first-order valence-corrected chi connectivity index (χ1v) is 12.4. The lowest BCUT2D eigenvalue weighted by atomic mass is 9.96. The fourth-order valence-corrected chi connectivity index (χ4v) is 5.38. The van der Waals surface area contributed by atoms with Gasteiger partial charge in [-0.05, 0) is 91.8 Å². The van der Waals surface area contributed by atoms with Crippen LogP contribution in [0.5, 0.6) is 5.75 Å². The third-order valence-corrected chi connectivity index (χ3v) is 7.22. The standard InChI is InChI=1S/C29H28N4O3S/c1-18-16-24(19(2)33(18)22-11-9-21(10-12-22)28(34)35)27-26(25-6-4-5-15-30-25)31-29(37)32(27)17-20-7-13-23(36-3)14-8-20/h4-16,26-27H,17H2,1-3H3,(H,31,37)(H,34,35)/t26-,27+/m0/s1. The molecule has 1 aliphatic rings. The van der Waals surface area contributed by atoms with Crippen LogP contribution in [-0.4, -0.2) is 37.7 Å². The quantitative estimate of drug-likeness (QED) is 0.322. The summed E-state index contributed by atoms with van der Waals surface area (Å²) < 4.78 is 7.48. The number of thiocarbonyl (C=S) groups is 1. The Bertz CT molecular complexity index is 1430. The third-order valence-electron chi connectivity index (χ3n) is 6.87. The highest BCUT2D eigenvalue weighted by atomic mass is 32.1. The van der Waals surface area contributed by atoms with Gasteiger partial charge in [0.25, 0.3) is 0 Å². The highest BCUT2D eigenvalue weighted by molar-refractivity contribution is 7.80. The molecule has 0 aliphatic carbocycles. The molecule has 2 atom stereocenters. The van der Waals surface area contributed by atoms with Gasteiger partial charge in [-0.25, -0.2) is 4.79 Å². The average molecular weight is 513 g/mol. The number of aromatic nitrogens is 2. The van der Waals surface area contributed by atoms with Gasteiger partial charge in [-0.3, -0.25) is 4.98 Å². The molecule has 0 radical (unpaired) electrons. The molecule has 37 heavy (non-hydrogen) atoms. The fraction of sp³-hybridized carbons (Fsp3) is 0.207. The molecular weight excluding hydrogens is 484 g/mol. The SMILES string of the molecule is COc1ccc(CN2C(=S)N[C@@H](c3ccccn3)[C@H]2c2cc(C)n(-c3ccc(C(=O)O)cc3)c2C)cc1. The van der Waals surface area contributed by atoms with Crippen LogP contribution in [0.1, 0.15) is 50.7 Å². The van der Waals surface area contributed by atoms with Gasteiger partial charge in [-0.15, -0.1) is 0 Å². The molecule has 0 saturated carbocycles. The van der Waals surface area contributed by atoms with Gasteiger partial charge in [0.1, 0.15) is 5.75 Å². The molecular formula is C29H28N4O3S. The number of nitrogens with zero attached hydrogens (tertiary/aromatic N) is 3. The van der Waals surface area contributed by atoms with Crippen molar-refractivity contribution >= 4 is 23.3 Å². The maximum Gasteiger partial charge on any atom is 0.335 e. The van der Waals surface area contributed by atoms with Crippen LogP contribution in [0.4, 0.5) is 0 Å². The van der Waals surface area contributed by atoms with Crippen LogP contribution in [0.25, 0.3) is 5.69 Å². The molecule has 1 saturated heterocycles. The maximum atomic E-state index is 11.3. The Labute approximate surface area is 221 Å². The average Bonchev–Trinajstić information content (AvgIpc) is 3.39. The number of aromatic carboxylic acids is 1. The summed E-state index contributed by atoms with van der Waals surface area (Å²) in [5, 5.41) is 13.5. The second-order valence-corrected chi connectivity index (χ2v) is 9.50. The van der Waals surface area contributed by atoms with E-state index < -0.39 is 5.97 Å². The first-order chi connectivity index (χ1) is 17.9. The van der Waals surface area contributed by atoms with Gasteiger partial charge in [0.15, 0.2) is 5.11 Å². The number of ether oxygens (including phenoxy) is 1. The van der Waals surface area contributed by atoms with Crippen LogP contribution in [0.3, 0.4) is 0 Å². The number of hydrogen-bond donors (Lipinski definition) is 2. The molecule has 8 heteroatoms. The zero-order valence-electron chi connectivity index (χ0n) is 20.9. The number of hydrogen-bond acceptors (Lipinski definition) is 4. The summed E-state index contributed by atoms with van der Waals surface area (Å²) in [6, 6.07) is 22.9. The van der Waals surface area contributed by atoms with Crippen LogP contribution in [0, 0.1) is 13.8 Å². The number of aryl methyl sites for hydroxylation is 1. The van der Waals surface area contributed by atoms with Crippen LogP contribution >= 0.6 is 12.2 Å². The van der Waals surface area contributed by atoms with Gasteiger partial charge >= 0.3 is 5.97 Å². The largest absolute Gasteiger partial charge is 0.497 e. The van der Waals surface area contributed by atoms with Gasteiger partial charge in [0, 0.05) is 29.8 Å². The fourth-order valence-electron chi connectivity index (χ4n) is 5.08. The summed E-state index contributed by atoms with van der Waals surface area (Å²) >= 11 is 5.86. The summed E-state index contributed by atoms with van der Waals surface area (Å²) in [5.41, 5.74) is 6.47. The van der Waals surface area contributed by atoms with Crippen molar-refractivity contribution in [1.29, 1.82) is 0 Å². The number of carbonyl (C=O) groups is 1. The van der Waals surface area contributed by atoms with Crippen molar-refractivity contribution < 1.29 is 14.6 Å². The molecule has 0 bridgehead atoms. The number of pyridine rings is 1. The zero-order valence-corrected chi connectivity index (χ0v) is 21.7. The maximum absolute atomic E-state index is 11.3. The first-order valence-electron chi connectivity index (χ1n) is 12.0. The van der Waals surface area contributed by atoms with Crippen molar-refractivity contribution in [1.82, 2.24) is 19.8 Å².